The normalized spacial score (nSPS) is 12.7. The smallest absolute Gasteiger partial charge is 0.0661 e. The molecule has 3 heteroatoms. The van der Waals surface area contributed by atoms with Crippen molar-refractivity contribution in [2.24, 2.45) is 0 Å². The molecule has 0 saturated carbocycles. The van der Waals surface area contributed by atoms with Crippen LogP contribution in [0.3, 0.4) is 0 Å². The van der Waals surface area contributed by atoms with Gasteiger partial charge in [-0.05, 0) is 49.9 Å². The molecule has 0 spiro atoms. The molecule has 19 heavy (non-hydrogen) atoms. The van der Waals surface area contributed by atoms with Crippen LogP contribution in [0.4, 0.5) is 0 Å². The van der Waals surface area contributed by atoms with Crippen LogP contribution in [-0.2, 0) is 4.74 Å². The minimum absolute atomic E-state index is 0.289. The summed E-state index contributed by atoms with van der Waals surface area (Å²) in [6.45, 7) is 11.2. The zero-order valence-corrected chi connectivity index (χ0v) is 14.1. The lowest BCUT2D eigenvalue weighted by Crippen LogP contribution is -2.26. The summed E-state index contributed by atoms with van der Waals surface area (Å²) in [6.07, 6.45) is 2.21. The van der Waals surface area contributed by atoms with Crippen molar-refractivity contribution in [2.45, 2.75) is 46.6 Å². The monoisotopic (exact) mass is 327 g/mol. The Balaban J connectivity index is 2.83. The summed E-state index contributed by atoms with van der Waals surface area (Å²) in [6, 6.07) is 4.79. The number of rotatable bonds is 8. The number of halogens is 1. The Labute approximate surface area is 126 Å². The third kappa shape index (κ3) is 5.25. The Morgan fingerprint density at radius 2 is 1.79 bits per heavy atom. The fraction of sp³-hybridized carbons (Fsp3) is 0.625. The lowest BCUT2D eigenvalue weighted by atomic mass is 10.0. The van der Waals surface area contributed by atoms with E-state index in [9.17, 15) is 0 Å². The summed E-state index contributed by atoms with van der Waals surface area (Å²) < 4.78 is 6.94. The topological polar surface area (TPSA) is 21.3 Å². The molecule has 0 heterocycles. The quantitative estimate of drug-likeness (QED) is 0.708. The average molecular weight is 328 g/mol. The lowest BCUT2D eigenvalue weighted by Gasteiger charge is -2.20. The molecule has 0 aliphatic heterocycles. The van der Waals surface area contributed by atoms with Gasteiger partial charge in [-0.1, -0.05) is 41.9 Å². The first-order valence-electron chi connectivity index (χ1n) is 7.17. The number of ether oxygens (including phenoxy) is 1. The van der Waals surface area contributed by atoms with E-state index in [2.05, 4.69) is 61.1 Å². The largest absolute Gasteiger partial charge is 0.379 e. The maximum absolute atomic E-state index is 5.73. The van der Waals surface area contributed by atoms with E-state index >= 15 is 0 Å². The van der Waals surface area contributed by atoms with Crippen molar-refractivity contribution in [3.8, 4) is 0 Å². The van der Waals surface area contributed by atoms with Crippen molar-refractivity contribution in [3.05, 3.63) is 33.3 Å². The van der Waals surface area contributed by atoms with Crippen LogP contribution in [0.2, 0.25) is 0 Å². The van der Waals surface area contributed by atoms with E-state index in [-0.39, 0.29) is 6.04 Å². The standard InChI is InChI=1S/C16H26BrNO/c1-5-7-18-15(11-19-8-6-2)14-9-12(3)16(17)13(4)10-14/h9-10,15,18H,5-8,11H2,1-4H3. The van der Waals surface area contributed by atoms with Gasteiger partial charge in [-0.3, -0.25) is 0 Å². The Kier molecular flexibility index (Phi) is 7.66. The first-order valence-corrected chi connectivity index (χ1v) is 7.97. The van der Waals surface area contributed by atoms with Gasteiger partial charge in [-0.25, -0.2) is 0 Å². The predicted molar refractivity (Wildman–Crippen MR) is 85.8 cm³/mol. The van der Waals surface area contributed by atoms with Crippen molar-refractivity contribution >= 4 is 15.9 Å². The fourth-order valence-electron chi connectivity index (χ4n) is 2.12. The van der Waals surface area contributed by atoms with Crippen molar-refractivity contribution in [3.63, 3.8) is 0 Å². The molecule has 1 rings (SSSR count). The van der Waals surface area contributed by atoms with Gasteiger partial charge in [0.2, 0.25) is 0 Å². The molecule has 1 N–H and O–H groups in total. The molecule has 0 fully saturated rings. The Hall–Kier alpha value is -0.380. The highest BCUT2D eigenvalue weighted by atomic mass is 79.9. The van der Waals surface area contributed by atoms with Crippen molar-refractivity contribution in [2.75, 3.05) is 19.8 Å². The van der Waals surface area contributed by atoms with Gasteiger partial charge in [0.25, 0.3) is 0 Å². The second-order valence-corrected chi connectivity index (χ2v) is 5.84. The van der Waals surface area contributed by atoms with Gasteiger partial charge in [0.1, 0.15) is 0 Å². The van der Waals surface area contributed by atoms with E-state index in [1.807, 2.05) is 0 Å². The summed E-state index contributed by atoms with van der Waals surface area (Å²) in [5.41, 5.74) is 3.89. The molecule has 1 aromatic carbocycles. The van der Waals surface area contributed by atoms with Crippen LogP contribution in [0.25, 0.3) is 0 Å². The summed E-state index contributed by atoms with van der Waals surface area (Å²) in [5.74, 6) is 0. The molecule has 0 aromatic heterocycles. The van der Waals surface area contributed by atoms with E-state index in [0.717, 1.165) is 32.6 Å². The van der Waals surface area contributed by atoms with Gasteiger partial charge < -0.3 is 10.1 Å². The van der Waals surface area contributed by atoms with E-state index in [1.54, 1.807) is 0 Å². The molecule has 0 aliphatic rings. The van der Waals surface area contributed by atoms with Gasteiger partial charge in [0.15, 0.2) is 0 Å². The predicted octanol–water partition coefficient (Wildman–Crippen LogP) is 4.53. The minimum atomic E-state index is 0.289. The second-order valence-electron chi connectivity index (χ2n) is 5.05. The molecule has 0 amide bonds. The fourth-order valence-corrected chi connectivity index (χ4v) is 2.35. The van der Waals surface area contributed by atoms with Crippen LogP contribution >= 0.6 is 15.9 Å². The highest BCUT2D eigenvalue weighted by molar-refractivity contribution is 9.10. The van der Waals surface area contributed by atoms with Crippen LogP contribution < -0.4 is 5.32 Å². The van der Waals surface area contributed by atoms with Crippen molar-refractivity contribution < 1.29 is 4.74 Å². The summed E-state index contributed by atoms with van der Waals surface area (Å²) in [5, 5.41) is 3.58. The number of aryl methyl sites for hydroxylation is 2. The van der Waals surface area contributed by atoms with Gasteiger partial charge in [-0.2, -0.15) is 0 Å². The minimum Gasteiger partial charge on any atom is -0.379 e. The molecule has 1 aromatic rings. The highest BCUT2D eigenvalue weighted by Crippen LogP contribution is 2.26. The molecular weight excluding hydrogens is 302 g/mol. The number of benzene rings is 1. The van der Waals surface area contributed by atoms with Crippen molar-refractivity contribution in [1.82, 2.24) is 5.32 Å². The van der Waals surface area contributed by atoms with Gasteiger partial charge >= 0.3 is 0 Å². The maximum Gasteiger partial charge on any atom is 0.0661 e. The Bertz CT molecular complexity index is 369. The molecule has 108 valence electrons. The third-order valence-corrected chi connectivity index (χ3v) is 4.39. The molecule has 1 unspecified atom stereocenters. The summed E-state index contributed by atoms with van der Waals surface area (Å²) in [7, 11) is 0. The van der Waals surface area contributed by atoms with E-state index in [1.165, 1.54) is 21.2 Å². The molecule has 2 nitrogen and oxygen atoms in total. The molecule has 0 bridgehead atoms. The third-order valence-electron chi connectivity index (χ3n) is 3.13. The summed E-state index contributed by atoms with van der Waals surface area (Å²) >= 11 is 3.63. The lowest BCUT2D eigenvalue weighted by molar-refractivity contribution is 0.112. The van der Waals surface area contributed by atoms with Crippen LogP contribution in [0.5, 0.6) is 0 Å². The Morgan fingerprint density at radius 1 is 1.16 bits per heavy atom. The number of nitrogens with one attached hydrogen (secondary N) is 1. The molecule has 0 aliphatic carbocycles. The van der Waals surface area contributed by atoms with Crippen LogP contribution in [-0.4, -0.2) is 19.8 Å². The zero-order valence-electron chi connectivity index (χ0n) is 12.6. The maximum atomic E-state index is 5.73. The van der Waals surface area contributed by atoms with Gasteiger partial charge in [-0.15, -0.1) is 0 Å². The van der Waals surface area contributed by atoms with Crippen LogP contribution in [0, 0.1) is 13.8 Å². The van der Waals surface area contributed by atoms with Crippen molar-refractivity contribution in [1.29, 1.82) is 0 Å². The van der Waals surface area contributed by atoms with Gasteiger partial charge in [0, 0.05) is 11.1 Å². The van der Waals surface area contributed by atoms with Crippen LogP contribution in [0.1, 0.15) is 49.4 Å². The first-order chi connectivity index (χ1) is 9.10. The van der Waals surface area contributed by atoms with E-state index in [4.69, 9.17) is 4.74 Å². The zero-order chi connectivity index (χ0) is 14.3. The SMILES string of the molecule is CCCNC(COCCC)c1cc(C)c(Br)c(C)c1. The average Bonchev–Trinajstić information content (AvgIpc) is 2.39. The second kappa shape index (κ2) is 8.72. The number of hydrogen-bond donors (Lipinski definition) is 1. The summed E-state index contributed by atoms with van der Waals surface area (Å²) in [4.78, 5) is 0. The van der Waals surface area contributed by atoms with E-state index < -0.39 is 0 Å². The first kappa shape index (κ1) is 16.7. The number of hydrogen-bond acceptors (Lipinski definition) is 2. The highest BCUT2D eigenvalue weighted by Gasteiger charge is 2.13. The van der Waals surface area contributed by atoms with Crippen LogP contribution in [0.15, 0.2) is 16.6 Å². The molecular formula is C16H26BrNO. The molecule has 0 radical (unpaired) electrons. The van der Waals surface area contributed by atoms with Gasteiger partial charge in [0.05, 0.1) is 12.6 Å². The van der Waals surface area contributed by atoms with E-state index in [0.29, 0.717) is 0 Å². The Morgan fingerprint density at radius 3 is 2.32 bits per heavy atom. The molecule has 0 saturated heterocycles. The molecule has 1 atom stereocenters.